The Morgan fingerprint density at radius 1 is 1.18 bits per heavy atom. The molecule has 0 saturated carbocycles. The third-order valence-corrected chi connectivity index (χ3v) is 2.75. The number of hydrogen-bond acceptors (Lipinski definition) is 2. The van der Waals surface area contributed by atoms with Gasteiger partial charge in [0.15, 0.2) is 0 Å². The quantitative estimate of drug-likeness (QED) is 0.786. The molecule has 17 heavy (non-hydrogen) atoms. The van der Waals surface area contributed by atoms with Crippen LogP contribution in [0.5, 0.6) is 5.75 Å². The summed E-state index contributed by atoms with van der Waals surface area (Å²) in [5.74, 6) is 1.60. The molecule has 1 aromatic rings. The molecule has 0 amide bonds. The first-order valence-corrected chi connectivity index (χ1v) is 6.59. The Morgan fingerprint density at radius 3 is 2.35 bits per heavy atom. The molecule has 1 rings (SSSR count). The van der Waals surface area contributed by atoms with Crippen molar-refractivity contribution >= 4 is 0 Å². The lowest BCUT2D eigenvalue weighted by atomic mass is 9.95. The highest BCUT2D eigenvalue weighted by Gasteiger charge is 2.06. The minimum Gasteiger partial charge on any atom is -0.494 e. The van der Waals surface area contributed by atoms with E-state index < -0.39 is 0 Å². The second-order valence-electron chi connectivity index (χ2n) is 5.01. The van der Waals surface area contributed by atoms with Crippen LogP contribution in [0.25, 0.3) is 0 Å². The Morgan fingerprint density at radius 2 is 1.82 bits per heavy atom. The Balaban J connectivity index is 2.44. The summed E-state index contributed by atoms with van der Waals surface area (Å²) < 4.78 is 5.56. The maximum Gasteiger partial charge on any atom is 0.119 e. The smallest absolute Gasteiger partial charge is 0.119 e. The van der Waals surface area contributed by atoms with Crippen molar-refractivity contribution in [1.82, 2.24) is 0 Å². The van der Waals surface area contributed by atoms with Gasteiger partial charge >= 0.3 is 0 Å². The maximum atomic E-state index is 5.81. The fourth-order valence-corrected chi connectivity index (χ4v) is 2.06. The highest BCUT2D eigenvalue weighted by atomic mass is 16.5. The summed E-state index contributed by atoms with van der Waals surface area (Å²) in [5.41, 5.74) is 7.17. The van der Waals surface area contributed by atoms with Crippen LogP contribution in [0.1, 0.15) is 39.2 Å². The van der Waals surface area contributed by atoms with E-state index in [0.29, 0.717) is 5.92 Å². The van der Waals surface area contributed by atoms with Crippen LogP contribution >= 0.6 is 0 Å². The molecule has 0 fully saturated rings. The second kappa shape index (κ2) is 7.33. The molecule has 0 spiro atoms. The first kappa shape index (κ1) is 14.0. The van der Waals surface area contributed by atoms with Gasteiger partial charge in [0.1, 0.15) is 5.75 Å². The van der Waals surface area contributed by atoms with Crippen LogP contribution in [-0.2, 0) is 6.42 Å². The highest BCUT2D eigenvalue weighted by molar-refractivity contribution is 5.27. The van der Waals surface area contributed by atoms with E-state index in [1.54, 1.807) is 0 Å². The summed E-state index contributed by atoms with van der Waals surface area (Å²) in [7, 11) is 0. The van der Waals surface area contributed by atoms with Gasteiger partial charge in [-0.2, -0.15) is 0 Å². The van der Waals surface area contributed by atoms with Crippen molar-refractivity contribution in [3.63, 3.8) is 0 Å². The third-order valence-electron chi connectivity index (χ3n) is 2.75. The van der Waals surface area contributed by atoms with E-state index in [9.17, 15) is 0 Å². The third kappa shape index (κ3) is 5.73. The summed E-state index contributed by atoms with van der Waals surface area (Å²) in [4.78, 5) is 0. The molecule has 2 nitrogen and oxygen atoms in total. The molecule has 96 valence electrons. The topological polar surface area (TPSA) is 35.2 Å². The summed E-state index contributed by atoms with van der Waals surface area (Å²) in [5, 5.41) is 0. The zero-order chi connectivity index (χ0) is 12.7. The fourth-order valence-electron chi connectivity index (χ4n) is 2.06. The van der Waals surface area contributed by atoms with Crippen molar-refractivity contribution in [2.45, 2.75) is 46.1 Å². The molecule has 0 aliphatic carbocycles. The van der Waals surface area contributed by atoms with Crippen molar-refractivity contribution in [2.75, 3.05) is 6.61 Å². The summed E-state index contributed by atoms with van der Waals surface area (Å²) >= 11 is 0. The Labute approximate surface area is 105 Å². The number of nitrogens with two attached hydrogens (primary N) is 1. The van der Waals surface area contributed by atoms with Crippen molar-refractivity contribution in [2.24, 2.45) is 11.7 Å². The lowest BCUT2D eigenvalue weighted by molar-refractivity contribution is 0.317. The van der Waals surface area contributed by atoms with Gasteiger partial charge in [0, 0.05) is 6.04 Å². The van der Waals surface area contributed by atoms with Crippen molar-refractivity contribution in [1.29, 1.82) is 0 Å². The first-order valence-electron chi connectivity index (χ1n) is 6.59. The fraction of sp³-hybridized carbons (Fsp3) is 0.600. The van der Waals surface area contributed by atoms with Crippen LogP contribution in [0, 0.1) is 5.92 Å². The van der Waals surface area contributed by atoms with E-state index in [0.717, 1.165) is 31.6 Å². The van der Waals surface area contributed by atoms with Crippen LogP contribution < -0.4 is 10.5 Å². The van der Waals surface area contributed by atoms with Crippen LogP contribution in [0.2, 0.25) is 0 Å². The minimum atomic E-state index is 0.289. The number of rotatable bonds is 7. The molecule has 2 unspecified atom stereocenters. The zero-order valence-electron chi connectivity index (χ0n) is 11.3. The summed E-state index contributed by atoms with van der Waals surface area (Å²) in [6.45, 7) is 7.23. The van der Waals surface area contributed by atoms with E-state index in [2.05, 4.69) is 45.0 Å². The SMILES string of the molecule is CCCOc1ccc(CC(C)CC(C)N)cc1. The van der Waals surface area contributed by atoms with Crippen LogP contribution in [0.3, 0.4) is 0 Å². The summed E-state index contributed by atoms with van der Waals surface area (Å²) in [6, 6.07) is 8.72. The average molecular weight is 235 g/mol. The lowest BCUT2D eigenvalue weighted by Gasteiger charge is -2.14. The number of benzene rings is 1. The van der Waals surface area contributed by atoms with E-state index in [1.807, 2.05) is 0 Å². The molecule has 2 atom stereocenters. The van der Waals surface area contributed by atoms with Crippen LogP contribution in [-0.4, -0.2) is 12.6 Å². The molecule has 0 heterocycles. The van der Waals surface area contributed by atoms with Gasteiger partial charge < -0.3 is 10.5 Å². The van der Waals surface area contributed by atoms with Gasteiger partial charge in [-0.3, -0.25) is 0 Å². The molecule has 0 saturated heterocycles. The van der Waals surface area contributed by atoms with E-state index in [1.165, 1.54) is 5.56 Å². The molecular weight excluding hydrogens is 210 g/mol. The minimum absolute atomic E-state index is 0.289. The van der Waals surface area contributed by atoms with Crippen molar-refractivity contribution in [3.05, 3.63) is 29.8 Å². The van der Waals surface area contributed by atoms with E-state index in [-0.39, 0.29) is 6.04 Å². The van der Waals surface area contributed by atoms with Crippen LogP contribution in [0.15, 0.2) is 24.3 Å². The van der Waals surface area contributed by atoms with Crippen molar-refractivity contribution in [3.8, 4) is 5.75 Å². The van der Waals surface area contributed by atoms with E-state index >= 15 is 0 Å². The van der Waals surface area contributed by atoms with Gasteiger partial charge in [0.2, 0.25) is 0 Å². The molecule has 0 radical (unpaired) electrons. The number of ether oxygens (including phenoxy) is 1. The predicted molar refractivity (Wildman–Crippen MR) is 73.4 cm³/mol. The molecule has 0 aliphatic rings. The average Bonchev–Trinajstić information content (AvgIpc) is 2.27. The van der Waals surface area contributed by atoms with Crippen molar-refractivity contribution < 1.29 is 4.74 Å². The van der Waals surface area contributed by atoms with Gasteiger partial charge in [0.25, 0.3) is 0 Å². The number of hydrogen-bond donors (Lipinski definition) is 1. The van der Waals surface area contributed by atoms with Crippen LogP contribution in [0.4, 0.5) is 0 Å². The molecule has 0 aliphatic heterocycles. The molecular formula is C15H25NO. The van der Waals surface area contributed by atoms with E-state index in [4.69, 9.17) is 10.5 Å². The van der Waals surface area contributed by atoms with Gasteiger partial charge in [-0.15, -0.1) is 0 Å². The highest BCUT2D eigenvalue weighted by Crippen LogP contribution is 2.17. The standard InChI is InChI=1S/C15H25NO/c1-4-9-17-15-7-5-14(6-8-15)11-12(2)10-13(3)16/h5-8,12-13H,4,9-11,16H2,1-3H3. The Bertz CT molecular complexity index is 305. The molecule has 2 heteroatoms. The molecule has 0 aromatic heterocycles. The largest absolute Gasteiger partial charge is 0.494 e. The van der Waals surface area contributed by atoms with Gasteiger partial charge in [-0.1, -0.05) is 26.0 Å². The maximum absolute atomic E-state index is 5.81. The lowest BCUT2D eigenvalue weighted by Crippen LogP contribution is -2.19. The molecule has 1 aromatic carbocycles. The Hall–Kier alpha value is -1.02. The second-order valence-corrected chi connectivity index (χ2v) is 5.01. The molecule has 2 N–H and O–H groups in total. The summed E-state index contributed by atoms with van der Waals surface area (Å²) in [6.07, 6.45) is 3.22. The normalized spacial score (nSPS) is 14.4. The van der Waals surface area contributed by atoms with Gasteiger partial charge in [-0.05, 0) is 49.8 Å². The van der Waals surface area contributed by atoms with Gasteiger partial charge in [-0.25, -0.2) is 0 Å². The van der Waals surface area contributed by atoms with Gasteiger partial charge in [0.05, 0.1) is 6.61 Å². The zero-order valence-corrected chi connectivity index (χ0v) is 11.3. The molecule has 0 bridgehead atoms. The monoisotopic (exact) mass is 235 g/mol. The first-order chi connectivity index (χ1) is 8.11. The Kier molecular flexibility index (Phi) is 6.06. The predicted octanol–water partition coefficient (Wildman–Crippen LogP) is 3.39.